The van der Waals surface area contributed by atoms with Gasteiger partial charge in [0.25, 0.3) is 5.82 Å². The Labute approximate surface area is 129 Å². The molecular formula is C15H15ClN2O4. The van der Waals surface area contributed by atoms with E-state index in [4.69, 9.17) is 18.6 Å². The second-order valence-electron chi connectivity index (χ2n) is 4.67. The topological polar surface area (TPSA) is 101 Å². The Balaban J connectivity index is 0.000000309. The molecule has 7 heteroatoms. The Morgan fingerprint density at radius 2 is 1.36 bits per heavy atom. The predicted molar refractivity (Wildman–Crippen MR) is 69.5 cm³/mol. The molecule has 0 spiro atoms. The van der Waals surface area contributed by atoms with Crippen LogP contribution in [0.25, 0.3) is 22.4 Å². The van der Waals surface area contributed by atoms with Crippen molar-refractivity contribution >= 4 is 11.0 Å². The molecule has 0 aliphatic rings. The van der Waals surface area contributed by atoms with Crippen LogP contribution >= 0.6 is 0 Å². The monoisotopic (exact) mass is 322 g/mol. The van der Waals surface area contributed by atoms with Gasteiger partial charge in [0.2, 0.25) is 0 Å². The zero-order valence-corrected chi connectivity index (χ0v) is 12.9. The summed E-state index contributed by atoms with van der Waals surface area (Å²) in [5.41, 5.74) is 3.76. The van der Waals surface area contributed by atoms with E-state index in [0.29, 0.717) is 0 Å². The lowest BCUT2D eigenvalue weighted by Gasteiger charge is -2.17. The molecule has 0 unspecified atom stereocenters. The fourth-order valence-corrected chi connectivity index (χ4v) is 2.46. The molecule has 0 saturated heterocycles. The van der Waals surface area contributed by atoms with Gasteiger partial charge in [-0.15, -0.1) is 10.2 Å². The molecule has 116 valence electrons. The molecule has 22 heavy (non-hydrogen) atoms. The third kappa shape index (κ3) is 3.82. The Morgan fingerprint density at radius 1 is 0.864 bits per heavy atom. The van der Waals surface area contributed by atoms with E-state index in [2.05, 4.69) is 71.8 Å². The molecule has 0 aliphatic heterocycles. The van der Waals surface area contributed by atoms with Gasteiger partial charge in [0.1, 0.15) is 0 Å². The van der Waals surface area contributed by atoms with E-state index in [1.54, 1.807) is 0 Å². The van der Waals surface area contributed by atoms with E-state index in [1.165, 1.54) is 22.4 Å². The minimum atomic E-state index is -4.94. The summed E-state index contributed by atoms with van der Waals surface area (Å²) in [5.74, 6) is 1.23. The fraction of sp³-hybridized carbons (Fsp3) is 0.133. The second-order valence-corrected chi connectivity index (χ2v) is 5.43. The van der Waals surface area contributed by atoms with Crippen molar-refractivity contribution in [2.45, 2.75) is 0 Å². The average Bonchev–Trinajstić information content (AvgIpc) is 2.71. The quantitative estimate of drug-likeness (QED) is 0.480. The first-order chi connectivity index (χ1) is 10.3. The summed E-state index contributed by atoms with van der Waals surface area (Å²) in [6, 6.07) is 19.0. The highest BCUT2D eigenvalue weighted by Crippen LogP contribution is 2.20. The van der Waals surface area contributed by atoms with Gasteiger partial charge in [-0.3, -0.25) is 0 Å². The molecule has 0 bridgehead atoms. The van der Waals surface area contributed by atoms with Crippen molar-refractivity contribution in [3.63, 3.8) is 0 Å². The summed E-state index contributed by atoms with van der Waals surface area (Å²) in [6.45, 7) is 0. The van der Waals surface area contributed by atoms with Crippen molar-refractivity contribution < 1.29 is 33.4 Å². The Hall–Kier alpha value is -1.96. The number of aromatic nitrogens is 2. The molecule has 1 heterocycles. The summed E-state index contributed by atoms with van der Waals surface area (Å²) < 4.78 is 38.5. The molecule has 6 nitrogen and oxygen atoms in total. The van der Waals surface area contributed by atoms with Crippen molar-refractivity contribution in [3.05, 3.63) is 54.6 Å². The molecule has 0 fully saturated rings. The lowest BCUT2D eigenvalue weighted by molar-refractivity contribution is -2.00. The van der Waals surface area contributed by atoms with Gasteiger partial charge in [0.15, 0.2) is 11.0 Å². The van der Waals surface area contributed by atoms with Crippen LogP contribution in [-0.4, -0.2) is 4.57 Å². The van der Waals surface area contributed by atoms with Gasteiger partial charge in [0, 0.05) is 0 Å². The first kappa shape index (κ1) is 16.4. The number of nitrogens with zero attached hydrogens (tertiary/aromatic N) is 2. The van der Waals surface area contributed by atoms with Crippen LogP contribution in [0.15, 0.2) is 54.6 Å². The number of aryl methyl sites for hydroxylation is 2. The number of imidazole rings is 1. The SMILES string of the molecule is Cn1c(-c2ccccc2)[n+](C)c2ccccc21.[O-][Cl+3]([O-])([O-])[O-]. The van der Waals surface area contributed by atoms with Crippen molar-refractivity contribution in [1.29, 1.82) is 0 Å². The fourth-order valence-electron chi connectivity index (χ4n) is 2.46. The Kier molecular flexibility index (Phi) is 4.80. The van der Waals surface area contributed by atoms with E-state index in [1.807, 2.05) is 6.07 Å². The maximum absolute atomic E-state index is 8.49. The average molecular weight is 323 g/mol. The first-order valence-electron chi connectivity index (χ1n) is 6.39. The zero-order chi connectivity index (χ0) is 16.3. The highest BCUT2D eigenvalue weighted by Gasteiger charge is 2.20. The number of fused-ring (bicyclic) bond motifs is 1. The lowest BCUT2D eigenvalue weighted by Crippen LogP contribution is -2.68. The van der Waals surface area contributed by atoms with Gasteiger partial charge in [-0.2, -0.15) is 0 Å². The van der Waals surface area contributed by atoms with Crippen LogP contribution in [0, 0.1) is 10.2 Å². The number of halogens is 1. The molecule has 0 aliphatic carbocycles. The van der Waals surface area contributed by atoms with Crippen LogP contribution in [0.4, 0.5) is 0 Å². The van der Waals surface area contributed by atoms with E-state index in [0.717, 1.165) is 0 Å². The van der Waals surface area contributed by atoms with Crippen LogP contribution in [0.5, 0.6) is 0 Å². The van der Waals surface area contributed by atoms with Gasteiger partial charge in [-0.05, 0) is 24.3 Å². The summed E-state index contributed by atoms with van der Waals surface area (Å²) in [6.07, 6.45) is 0. The van der Waals surface area contributed by atoms with Gasteiger partial charge < -0.3 is 0 Å². The zero-order valence-electron chi connectivity index (χ0n) is 12.1. The Bertz CT molecular complexity index is 721. The highest BCUT2D eigenvalue weighted by atomic mass is 35.7. The number of benzene rings is 2. The van der Waals surface area contributed by atoms with Gasteiger partial charge in [-0.25, -0.2) is 27.8 Å². The van der Waals surface area contributed by atoms with Crippen LogP contribution in [0.1, 0.15) is 0 Å². The van der Waals surface area contributed by atoms with Crippen LogP contribution in [0.3, 0.4) is 0 Å². The number of rotatable bonds is 1. The maximum Gasteiger partial charge on any atom is 0.289 e. The standard InChI is InChI=1S/C15H15N2.ClHO4/c1-16-13-10-6-7-11-14(13)17(2)15(16)12-8-4-3-5-9-12;2-1(3,4)5/h3-11H,1-2H3;(H,2,3,4,5)/q+1;/p-1. The number of hydrogen-bond donors (Lipinski definition) is 0. The minimum Gasteiger partial charge on any atom is -0.226 e. The minimum absolute atomic E-state index is 1.23. The molecular weight excluding hydrogens is 308 g/mol. The van der Waals surface area contributed by atoms with Crippen LogP contribution in [-0.2, 0) is 14.1 Å². The molecule has 2 aromatic carbocycles. The molecule has 0 amide bonds. The van der Waals surface area contributed by atoms with Gasteiger partial charge in [0.05, 0.1) is 19.7 Å². The van der Waals surface area contributed by atoms with E-state index < -0.39 is 10.2 Å². The maximum atomic E-state index is 8.49. The summed E-state index contributed by atoms with van der Waals surface area (Å²) in [5, 5.41) is 0. The molecule has 3 aromatic rings. The third-order valence-electron chi connectivity index (χ3n) is 3.27. The predicted octanol–water partition coefficient (Wildman–Crippen LogP) is -2.09. The van der Waals surface area contributed by atoms with Crippen molar-refractivity contribution in [2.24, 2.45) is 14.1 Å². The largest absolute Gasteiger partial charge is 0.289 e. The van der Waals surface area contributed by atoms with E-state index in [-0.39, 0.29) is 0 Å². The molecule has 0 N–H and O–H groups in total. The molecule has 1 aromatic heterocycles. The smallest absolute Gasteiger partial charge is 0.226 e. The number of hydrogen-bond acceptors (Lipinski definition) is 4. The Morgan fingerprint density at radius 3 is 1.91 bits per heavy atom. The van der Waals surface area contributed by atoms with E-state index in [9.17, 15) is 0 Å². The highest BCUT2D eigenvalue weighted by molar-refractivity contribution is 5.75. The molecule has 0 saturated carbocycles. The van der Waals surface area contributed by atoms with Crippen molar-refractivity contribution in [2.75, 3.05) is 0 Å². The molecule has 0 radical (unpaired) electrons. The summed E-state index contributed by atoms with van der Waals surface area (Å²) in [4.78, 5) is 0. The summed E-state index contributed by atoms with van der Waals surface area (Å²) >= 11 is 0. The van der Waals surface area contributed by atoms with Gasteiger partial charge in [-0.1, -0.05) is 30.3 Å². The number of para-hydroxylation sites is 2. The first-order valence-corrected chi connectivity index (χ1v) is 7.63. The molecule has 0 atom stereocenters. The van der Waals surface area contributed by atoms with Crippen molar-refractivity contribution in [1.82, 2.24) is 4.57 Å². The van der Waals surface area contributed by atoms with E-state index >= 15 is 0 Å². The third-order valence-corrected chi connectivity index (χ3v) is 3.27. The van der Waals surface area contributed by atoms with Crippen LogP contribution in [0.2, 0.25) is 0 Å². The lowest BCUT2D eigenvalue weighted by atomic mass is 10.2. The second kappa shape index (κ2) is 6.43. The van der Waals surface area contributed by atoms with Crippen molar-refractivity contribution in [3.8, 4) is 11.4 Å². The van der Waals surface area contributed by atoms with Gasteiger partial charge >= 0.3 is 0 Å². The summed E-state index contributed by atoms with van der Waals surface area (Å²) in [7, 11) is -0.713. The molecule has 3 rings (SSSR count). The van der Waals surface area contributed by atoms with Crippen LogP contribution < -0.4 is 23.2 Å². The normalized spacial score (nSPS) is 11.2.